The van der Waals surface area contributed by atoms with Crippen molar-refractivity contribution in [2.45, 2.75) is 57.4 Å². The summed E-state index contributed by atoms with van der Waals surface area (Å²) in [6.07, 6.45) is 11.7. The van der Waals surface area contributed by atoms with Crippen LogP contribution in [0.4, 0.5) is 0 Å². The van der Waals surface area contributed by atoms with Crippen LogP contribution in [0.5, 0.6) is 5.75 Å². The zero-order chi connectivity index (χ0) is 13.8. The maximum Gasteiger partial charge on any atom is 0.137 e. The summed E-state index contributed by atoms with van der Waals surface area (Å²) in [5.41, 5.74) is 1.37. The number of hydrogen-bond acceptors (Lipinski definition) is 3. The summed E-state index contributed by atoms with van der Waals surface area (Å²) < 4.78 is 5.72. The number of nitrogens with one attached hydrogen (secondary N) is 1. The van der Waals surface area contributed by atoms with Crippen LogP contribution in [0.3, 0.4) is 0 Å². The van der Waals surface area contributed by atoms with E-state index in [1.807, 2.05) is 12.4 Å². The summed E-state index contributed by atoms with van der Waals surface area (Å²) in [7, 11) is 0. The van der Waals surface area contributed by atoms with Crippen molar-refractivity contribution in [3.63, 3.8) is 0 Å². The summed E-state index contributed by atoms with van der Waals surface area (Å²) in [6.45, 7) is 4.09. The first-order chi connectivity index (χ1) is 9.86. The van der Waals surface area contributed by atoms with Gasteiger partial charge in [0.05, 0.1) is 12.8 Å². The van der Waals surface area contributed by atoms with E-state index in [1.165, 1.54) is 44.2 Å². The molecule has 1 aromatic rings. The van der Waals surface area contributed by atoms with Crippen molar-refractivity contribution in [1.82, 2.24) is 10.3 Å². The summed E-state index contributed by atoms with van der Waals surface area (Å²) in [4.78, 5) is 4.38. The van der Waals surface area contributed by atoms with Crippen LogP contribution in [0.1, 0.15) is 56.9 Å². The Morgan fingerprint density at radius 1 is 1.25 bits per heavy atom. The minimum atomic E-state index is 0.666. The number of pyridine rings is 1. The third-order valence-corrected chi connectivity index (χ3v) is 4.54. The van der Waals surface area contributed by atoms with Crippen LogP contribution in [0, 0.1) is 5.92 Å². The van der Waals surface area contributed by atoms with E-state index in [1.54, 1.807) is 0 Å². The third-order valence-electron chi connectivity index (χ3n) is 4.54. The van der Waals surface area contributed by atoms with E-state index >= 15 is 0 Å². The second kappa shape index (κ2) is 6.57. The lowest BCUT2D eigenvalue weighted by molar-refractivity contribution is 0.315. The van der Waals surface area contributed by atoms with Crippen LogP contribution < -0.4 is 10.1 Å². The Labute approximate surface area is 122 Å². The van der Waals surface area contributed by atoms with E-state index in [2.05, 4.69) is 23.3 Å². The molecule has 0 amide bonds. The van der Waals surface area contributed by atoms with Gasteiger partial charge in [-0.1, -0.05) is 13.3 Å². The van der Waals surface area contributed by atoms with Crippen molar-refractivity contribution in [2.24, 2.45) is 5.92 Å². The molecule has 1 aromatic heterocycles. The Morgan fingerprint density at radius 3 is 2.95 bits per heavy atom. The van der Waals surface area contributed by atoms with E-state index in [0.717, 1.165) is 30.7 Å². The molecule has 110 valence electrons. The molecular formula is C17H26N2O. The molecule has 2 aliphatic rings. The fraction of sp³-hybridized carbons (Fsp3) is 0.706. The van der Waals surface area contributed by atoms with E-state index in [0.29, 0.717) is 5.92 Å². The fourth-order valence-corrected chi connectivity index (χ4v) is 3.26. The van der Waals surface area contributed by atoms with E-state index in [9.17, 15) is 0 Å². The Hall–Kier alpha value is -1.09. The van der Waals surface area contributed by atoms with Gasteiger partial charge < -0.3 is 10.1 Å². The molecule has 3 heteroatoms. The minimum absolute atomic E-state index is 0.666. The normalized spacial score (nSPS) is 25.9. The van der Waals surface area contributed by atoms with Crippen LogP contribution in [-0.2, 0) is 0 Å². The molecule has 0 spiro atoms. The molecule has 0 saturated heterocycles. The molecule has 0 bridgehead atoms. The van der Waals surface area contributed by atoms with Gasteiger partial charge in [-0.25, -0.2) is 0 Å². The first-order valence-corrected chi connectivity index (χ1v) is 8.18. The van der Waals surface area contributed by atoms with E-state index < -0.39 is 0 Å². The molecule has 3 rings (SSSR count). The lowest BCUT2D eigenvalue weighted by Crippen LogP contribution is -2.26. The highest BCUT2D eigenvalue weighted by molar-refractivity contribution is 5.27. The average molecular weight is 274 g/mol. The third kappa shape index (κ3) is 3.51. The first-order valence-electron chi connectivity index (χ1n) is 8.18. The zero-order valence-corrected chi connectivity index (χ0v) is 12.5. The molecule has 3 nitrogen and oxygen atoms in total. The van der Waals surface area contributed by atoms with Gasteiger partial charge in [0, 0.05) is 12.2 Å². The van der Waals surface area contributed by atoms with Gasteiger partial charge in [-0.2, -0.15) is 0 Å². The Kier molecular flexibility index (Phi) is 4.56. The Bertz CT molecular complexity index is 431. The van der Waals surface area contributed by atoms with Gasteiger partial charge in [-0.15, -0.1) is 0 Å². The molecular weight excluding hydrogens is 248 g/mol. The number of rotatable bonds is 7. The van der Waals surface area contributed by atoms with Crippen LogP contribution in [0.15, 0.2) is 18.5 Å². The van der Waals surface area contributed by atoms with Crippen molar-refractivity contribution >= 4 is 0 Å². The molecule has 0 aromatic carbocycles. The summed E-state index contributed by atoms with van der Waals surface area (Å²) in [5, 5.41) is 3.70. The van der Waals surface area contributed by atoms with Crippen LogP contribution in [-0.4, -0.2) is 24.2 Å². The van der Waals surface area contributed by atoms with Gasteiger partial charge in [0.25, 0.3) is 0 Å². The van der Waals surface area contributed by atoms with Gasteiger partial charge in [-0.05, 0) is 62.1 Å². The Balaban J connectivity index is 1.63. The lowest BCUT2D eigenvalue weighted by Gasteiger charge is -2.20. The SMILES string of the molecule is CCCOc1cncc(C2CCCC2CNC2CC2)c1. The highest BCUT2D eigenvalue weighted by atomic mass is 16.5. The smallest absolute Gasteiger partial charge is 0.137 e. The van der Waals surface area contributed by atoms with E-state index in [4.69, 9.17) is 4.74 Å². The monoisotopic (exact) mass is 274 g/mol. The van der Waals surface area contributed by atoms with E-state index in [-0.39, 0.29) is 0 Å². The second-order valence-electron chi connectivity index (χ2n) is 6.28. The van der Waals surface area contributed by atoms with Crippen LogP contribution >= 0.6 is 0 Å². The average Bonchev–Trinajstić information content (AvgIpc) is 3.19. The molecule has 2 unspecified atom stereocenters. The topological polar surface area (TPSA) is 34.1 Å². The summed E-state index contributed by atoms with van der Waals surface area (Å²) >= 11 is 0. The summed E-state index contributed by atoms with van der Waals surface area (Å²) in [6, 6.07) is 3.02. The quantitative estimate of drug-likeness (QED) is 0.826. The zero-order valence-electron chi connectivity index (χ0n) is 12.5. The standard InChI is InChI=1S/C17H26N2O/c1-2-8-20-16-9-14(10-18-12-16)17-5-3-4-13(17)11-19-15-6-7-15/h9-10,12-13,15,17,19H,2-8,11H2,1H3. The van der Waals surface area contributed by atoms with Crippen LogP contribution in [0.25, 0.3) is 0 Å². The highest BCUT2D eigenvalue weighted by Gasteiger charge is 2.30. The highest BCUT2D eigenvalue weighted by Crippen LogP contribution is 2.40. The summed E-state index contributed by atoms with van der Waals surface area (Å²) in [5.74, 6) is 2.38. The second-order valence-corrected chi connectivity index (χ2v) is 6.28. The molecule has 2 fully saturated rings. The van der Waals surface area contributed by atoms with Gasteiger partial charge >= 0.3 is 0 Å². The maximum atomic E-state index is 5.72. The molecule has 2 aliphatic carbocycles. The van der Waals surface area contributed by atoms with Crippen LogP contribution in [0.2, 0.25) is 0 Å². The number of ether oxygens (including phenoxy) is 1. The number of hydrogen-bond donors (Lipinski definition) is 1. The van der Waals surface area contributed by atoms with Crippen molar-refractivity contribution < 1.29 is 4.74 Å². The largest absolute Gasteiger partial charge is 0.492 e. The number of nitrogens with zero attached hydrogens (tertiary/aromatic N) is 1. The Morgan fingerprint density at radius 2 is 2.15 bits per heavy atom. The molecule has 2 atom stereocenters. The van der Waals surface area contributed by atoms with Gasteiger partial charge in [0.1, 0.15) is 5.75 Å². The number of aromatic nitrogens is 1. The van der Waals surface area contributed by atoms with Gasteiger partial charge in [0.2, 0.25) is 0 Å². The van der Waals surface area contributed by atoms with Gasteiger partial charge in [0.15, 0.2) is 0 Å². The lowest BCUT2D eigenvalue weighted by atomic mass is 9.90. The predicted octanol–water partition coefficient (Wildman–Crippen LogP) is 3.51. The predicted molar refractivity (Wildman–Crippen MR) is 81.1 cm³/mol. The fourth-order valence-electron chi connectivity index (χ4n) is 3.26. The van der Waals surface area contributed by atoms with Crippen molar-refractivity contribution in [3.05, 3.63) is 24.0 Å². The molecule has 0 aliphatic heterocycles. The molecule has 20 heavy (non-hydrogen) atoms. The first kappa shape index (κ1) is 13.9. The minimum Gasteiger partial charge on any atom is -0.492 e. The van der Waals surface area contributed by atoms with Gasteiger partial charge in [-0.3, -0.25) is 4.98 Å². The van der Waals surface area contributed by atoms with Crippen molar-refractivity contribution in [2.75, 3.05) is 13.2 Å². The molecule has 1 heterocycles. The molecule has 0 radical (unpaired) electrons. The molecule has 1 N–H and O–H groups in total. The van der Waals surface area contributed by atoms with Crippen molar-refractivity contribution in [3.8, 4) is 5.75 Å². The molecule has 2 saturated carbocycles. The van der Waals surface area contributed by atoms with Crippen molar-refractivity contribution in [1.29, 1.82) is 0 Å². The maximum absolute atomic E-state index is 5.72.